The third kappa shape index (κ3) is 2.70. The van der Waals surface area contributed by atoms with Crippen LogP contribution >= 0.6 is 0 Å². The van der Waals surface area contributed by atoms with Crippen molar-refractivity contribution in [1.29, 1.82) is 0 Å². The molecule has 5 heteroatoms. The van der Waals surface area contributed by atoms with Gasteiger partial charge in [0.1, 0.15) is 0 Å². The molecule has 1 aromatic carbocycles. The molecule has 2 unspecified atom stereocenters. The number of carbonyl (C=O) groups excluding carboxylic acids is 1. The number of nitrogens with two attached hydrogens (primary N) is 2. The number of carbonyl (C=O) groups is 1. The first-order valence-corrected chi connectivity index (χ1v) is 7.76. The second-order valence-electron chi connectivity index (χ2n) is 6.28. The lowest BCUT2D eigenvalue weighted by Crippen LogP contribution is -2.59. The normalized spacial score (nSPS) is 26.4. The van der Waals surface area contributed by atoms with E-state index in [2.05, 4.69) is 16.7 Å². The van der Waals surface area contributed by atoms with Crippen LogP contribution in [0.1, 0.15) is 36.5 Å². The minimum Gasteiger partial charge on any atom is -0.397 e. The van der Waals surface area contributed by atoms with E-state index in [0.717, 1.165) is 18.8 Å². The summed E-state index contributed by atoms with van der Waals surface area (Å²) < 4.78 is 0. The molecule has 0 aromatic heterocycles. The van der Waals surface area contributed by atoms with Crippen molar-refractivity contribution in [2.75, 3.05) is 30.3 Å². The van der Waals surface area contributed by atoms with E-state index < -0.39 is 5.91 Å². The monoisotopic (exact) mass is 288 g/mol. The Morgan fingerprint density at radius 3 is 2.81 bits per heavy atom. The molecule has 114 valence electrons. The largest absolute Gasteiger partial charge is 0.397 e. The maximum Gasteiger partial charge on any atom is 0.248 e. The lowest BCUT2D eigenvalue weighted by Gasteiger charge is -2.48. The molecule has 2 aliphatic rings. The Kier molecular flexibility index (Phi) is 3.76. The molecule has 3 rings (SSSR count). The molecule has 0 radical (unpaired) electrons. The van der Waals surface area contributed by atoms with Crippen LogP contribution in [-0.2, 0) is 0 Å². The number of rotatable bonds is 2. The van der Waals surface area contributed by atoms with Crippen LogP contribution in [0.4, 0.5) is 11.4 Å². The fourth-order valence-electron chi connectivity index (χ4n) is 3.66. The Balaban J connectivity index is 1.84. The van der Waals surface area contributed by atoms with Crippen LogP contribution in [-0.4, -0.2) is 42.5 Å². The molecule has 2 atom stereocenters. The van der Waals surface area contributed by atoms with Crippen LogP contribution in [0.3, 0.4) is 0 Å². The zero-order chi connectivity index (χ0) is 15.0. The number of piperidine rings is 1. The number of fused-ring (bicyclic) bond motifs is 1. The van der Waals surface area contributed by atoms with Crippen LogP contribution in [0.2, 0.25) is 0 Å². The second kappa shape index (κ2) is 5.56. The molecule has 2 heterocycles. The highest BCUT2D eigenvalue weighted by molar-refractivity contribution is 5.95. The summed E-state index contributed by atoms with van der Waals surface area (Å²) in [7, 11) is 0. The highest BCUT2D eigenvalue weighted by Gasteiger charge is 2.33. The van der Waals surface area contributed by atoms with Gasteiger partial charge in [-0.25, -0.2) is 0 Å². The van der Waals surface area contributed by atoms with Gasteiger partial charge >= 0.3 is 0 Å². The SMILES string of the molecule is CC1CN2CCCCC2CN1c1ccc(C(N)=O)cc1N. The van der Waals surface area contributed by atoms with Gasteiger partial charge in [0, 0.05) is 30.7 Å². The summed E-state index contributed by atoms with van der Waals surface area (Å²) in [5.74, 6) is -0.432. The third-order valence-corrected chi connectivity index (χ3v) is 4.81. The van der Waals surface area contributed by atoms with E-state index in [1.807, 2.05) is 6.07 Å². The number of amides is 1. The molecule has 2 fully saturated rings. The standard InChI is InChI=1S/C16H24N4O/c1-11-9-19-7-3-2-4-13(19)10-20(11)15-6-5-12(16(18)21)8-14(15)17/h5-6,8,11,13H,2-4,7,9-10,17H2,1H3,(H2,18,21). The van der Waals surface area contributed by atoms with Crippen molar-refractivity contribution in [2.24, 2.45) is 5.73 Å². The van der Waals surface area contributed by atoms with Gasteiger partial charge in [-0.05, 0) is 44.5 Å². The van der Waals surface area contributed by atoms with Crippen molar-refractivity contribution >= 4 is 17.3 Å². The lowest BCUT2D eigenvalue weighted by atomic mass is 9.96. The summed E-state index contributed by atoms with van der Waals surface area (Å²) in [6.07, 6.45) is 3.90. The number of hydrogen-bond acceptors (Lipinski definition) is 4. The van der Waals surface area contributed by atoms with Gasteiger partial charge in [-0.2, -0.15) is 0 Å². The van der Waals surface area contributed by atoms with Gasteiger partial charge in [-0.1, -0.05) is 6.42 Å². The fraction of sp³-hybridized carbons (Fsp3) is 0.562. The second-order valence-corrected chi connectivity index (χ2v) is 6.28. The van der Waals surface area contributed by atoms with Crippen LogP contribution in [0.15, 0.2) is 18.2 Å². The summed E-state index contributed by atoms with van der Waals surface area (Å²) in [5, 5.41) is 0. The molecular formula is C16H24N4O. The van der Waals surface area contributed by atoms with Gasteiger partial charge in [-0.3, -0.25) is 9.69 Å². The number of nitrogens with zero attached hydrogens (tertiary/aromatic N) is 2. The minimum atomic E-state index is -0.432. The number of piperazine rings is 1. The Labute approximate surface area is 125 Å². The molecule has 2 saturated heterocycles. The van der Waals surface area contributed by atoms with Crippen molar-refractivity contribution in [3.63, 3.8) is 0 Å². The van der Waals surface area contributed by atoms with E-state index in [-0.39, 0.29) is 0 Å². The predicted octanol–water partition coefficient (Wildman–Crippen LogP) is 1.43. The summed E-state index contributed by atoms with van der Waals surface area (Å²) in [6, 6.07) is 6.46. The van der Waals surface area contributed by atoms with Crippen molar-refractivity contribution in [1.82, 2.24) is 4.90 Å². The molecule has 5 nitrogen and oxygen atoms in total. The van der Waals surface area contributed by atoms with Gasteiger partial charge in [0.15, 0.2) is 0 Å². The molecule has 2 aliphatic heterocycles. The molecule has 0 bridgehead atoms. The van der Waals surface area contributed by atoms with Crippen molar-refractivity contribution in [3.05, 3.63) is 23.8 Å². The number of anilines is 2. The Morgan fingerprint density at radius 1 is 1.29 bits per heavy atom. The summed E-state index contributed by atoms with van der Waals surface area (Å²) >= 11 is 0. The molecule has 4 N–H and O–H groups in total. The molecule has 21 heavy (non-hydrogen) atoms. The summed E-state index contributed by atoms with van der Waals surface area (Å²) in [6.45, 7) is 5.56. The number of nitrogen functional groups attached to an aromatic ring is 1. The average molecular weight is 288 g/mol. The smallest absolute Gasteiger partial charge is 0.248 e. The van der Waals surface area contributed by atoms with Crippen molar-refractivity contribution in [3.8, 4) is 0 Å². The van der Waals surface area contributed by atoms with E-state index in [1.165, 1.54) is 25.8 Å². The molecule has 0 saturated carbocycles. The maximum absolute atomic E-state index is 11.2. The van der Waals surface area contributed by atoms with E-state index in [0.29, 0.717) is 23.3 Å². The first kappa shape index (κ1) is 14.2. The summed E-state index contributed by atoms with van der Waals surface area (Å²) in [5.41, 5.74) is 13.6. The van der Waals surface area contributed by atoms with Crippen LogP contribution in [0, 0.1) is 0 Å². The number of benzene rings is 1. The van der Waals surface area contributed by atoms with Gasteiger partial charge in [0.05, 0.1) is 11.4 Å². The molecule has 0 spiro atoms. The van der Waals surface area contributed by atoms with E-state index in [1.54, 1.807) is 12.1 Å². The van der Waals surface area contributed by atoms with Crippen LogP contribution in [0.5, 0.6) is 0 Å². The third-order valence-electron chi connectivity index (χ3n) is 4.81. The van der Waals surface area contributed by atoms with Gasteiger partial charge in [-0.15, -0.1) is 0 Å². The number of primary amides is 1. The van der Waals surface area contributed by atoms with Crippen molar-refractivity contribution < 1.29 is 4.79 Å². The lowest BCUT2D eigenvalue weighted by molar-refractivity contribution is 0.100. The van der Waals surface area contributed by atoms with Crippen molar-refractivity contribution in [2.45, 2.75) is 38.3 Å². The van der Waals surface area contributed by atoms with E-state index >= 15 is 0 Å². The van der Waals surface area contributed by atoms with Gasteiger partial charge < -0.3 is 16.4 Å². The Morgan fingerprint density at radius 2 is 2.10 bits per heavy atom. The van der Waals surface area contributed by atoms with Gasteiger partial charge in [0.25, 0.3) is 0 Å². The maximum atomic E-state index is 11.2. The average Bonchev–Trinajstić information content (AvgIpc) is 2.46. The van der Waals surface area contributed by atoms with Crippen LogP contribution < -0.4 is 16.4 Å². The van der Waals surface area contributed by atoms with E-state index in [9.17, 15) is 4.79 Å². The minimum absolute atomic E-state index is 0.432. The number of hydrogen-bond donors (Lipinski definition) is 2. The highest BCUT2D eigenvalue weighted by Crippen LogP contribution is 2.31. The zero-order valence-electron chi connectivity index (χ0n) is 12.6. The first-order valence-electron chi connectivity index (χ1n) is 7.76. The fourth-order valence-corrected chi connectivity index (χ4v) is 3.66. The molecule has 1 aromatic rings. The Bertz CT molecular complexity index is 545. The highest BCUT2D eigenvalue weighted by atomic mass is 16.1. The molecular weight excluding hydrogens is 264 g/mol. The predicted molar refractivity (Wildman–Crippen MR) is 85.4 cm³/mol. The quantitative estimate of drug-likeness (QED) is 0.807. The topological polar surface area (TPSA) is 75.6 Å². The van der Waals surface area contributed by atoms with Crippen LogP contribution in [0.25, 0.3) is 0 Å². The first-order chi connectivity index (χ1) is 10.1. The zero-order valence-corrected chi connectivity index (χ0v) is 12.6. The summed E-state index contributed by atoms with van der Waals surface area (Å²) in [4.78, 5) is 16.2. The van der Waals surface area contributed by atoms with Gasteiger partial charge in [0.2, 0.25) is 5.91 Å². The molecule has 1 amide bonds. The Hall–Kier alpha value is -1.75. The van der Waals surface area contributed by atoms with E-state index in [4.69, 9.17) is 11.5 Å². The molecule has 0 aliphatic carbocycles.